The first kappa shape index (κ1) is 24.3. The SMILES string of the molecule is COC(=O)[C@H](CCP(=O)(O)C(O)c1ccccc1C=O)NC(=O)OCc1ccccc1. The van der Waals surface area contributed by atoms with E-state index in [-0.39, 0.29) is 24.2 Å². The number of aliphatic hydroxyl groups is 1. The fourth-order valence-corrected chi connectivity index (χ4v) is 4.35. The molecule has 2 aromatic rings. The summed E-state index contributed by atoms with van der Waals surface area (Å²) in [4.78, 5) is 45.5. The Kier molecular flexibility index (Phi) is 8.93. The third-order valence-electron chi connectivity index (χ3n) is 4.51. The predicted octanol–water partition coefficient (Wildman–Crippen LogP) is 2.62. The van der Waals surface area contributed by atoms with E-state index in [4.69, 9.17) is 4.74 Å². The Bertz CT molecular complexity index is 949. The van der Waals surface area contributed by atoms with Gasteiger partial charge in [-0.2, -0.15) is 0 Å². The van der Waals surface area contributed by atoms with Crippen LogP contribution in [0, 0.1) is 0 Å². The van der Waals surface area contributed by atoms with E-state index in [0.29, 0.717) is 6.29 Å². The number of carbonyl (C=O) groups is 3. The summed E-state index contributed by atoms with van der Waals surface area (Å²) in [6.45, 7) is -0.0275. The van der Waals surface area contributed by atoms with Crippen molar-refractivity contribution in [2.24, 2.45) is 0 Å². The molecular weight excluding hydrogens is 425 g/mol. The minimum atomic E-state index is -4.26. The molecule has 0 saturated carbocycles. The number of esters is 1. The van der Waals surface area contributed by atoms with Crippen LogP contribution in [-0.2, 0) is 25.4 Å². The molecule has 31 heavy (non-hydrogen) atoms. The summed E-state index contributed by atoms with van der Waals surface area (Å²) < 4.78 is 22.4. The quantitative estimate of drug-likeness (QED) is 0.286. The first-order valence-electron chi connectivity index (χ1n) is 9.37. The number of hydrogen-bond acceptors (Lipinski definition) is 7. The van der Waals surface area contributed by atoms with Crippen LogP contribution in [0.25, 0.3) is 0 Å². The van der Waals surface area contributed by atoms with Gasteiger partial charge in [-0.3, -0.25) is 9.36 Å². The van der Waals surface area contributed by atoms with Gasteiger partial charge in [0, 0.05) is 17.3 Å². The highest BCUT2D eigenvalue weighted by molar-refractivity contribution is 7.58. The summed E-state index contributed by atoms with van der Waals surface area (Å²) in [5, 5.41) is 12.7. The largest absolute Gasteiger partial charge is 0.467 e. The van der Waals surface area contributed by atoms with E-state index in [9.17, 15) is 28.9 Å². The molecule has 0 aliphatic rings. The number of amides is 1. The number of alkyl carbamates (subject to hydrolysis) is 1. The first-order chi connectivity index (χ1) is 14.8. The zero-order chi connectivity index (χ0) is 22.9. The Balaban J connectivity index is 2.01. The van der Waals surface area contributed by atoms with Crippen molar-refractivity contribution in [1.82, 2.24) is 5.32 Å². The number of methoxy groups -OCH3 is 1. The van der Waals surface area contributed by atoms with E-state index in [1.807, 2.05) is 6.07 Å². The normalized spacial score (nSPS) is 14.5. The van der Waals surface area contributed by atoms with Gasteiger partial charge in [0.15, 0.2) is 5.85 Å². The molecule has 3 atom stereocenters. The highest BCUT2D eigenvalue weighted by Gasteiger charge is 2.34. The maximum absolute atomic E-state index is 12.7. The fraction of sp³-hybridized carbons (Fsp3) is 0.286. The second-order valence-electron chi connectivity index (χ2n) is 6.67. The van der Waals surface area contributed by atoms with Crippen molar-refractivity contribution < 1.29 is 38.4 Å². The molecular formula is C21H24NO8P. The van der Waals surface area contributed by atoms with Gasteiger partial charge in [0.2, 0.25) is 7.37 Å². The molecule has 0 bridgehead atoms. The van der Waals surface area contributed by atoms with Crippen LogP contribution in [0.4, 0.5) is 4.79 Å². The molecule has 0 spiro atoms. The van der Waals surface area contributed by atoms with Gasteiger partial charge in [0.1, 0.15) is 18.9 Å². The van der Waals surface area contributed by atoms with E-state index < -0.39 is 37.5 Å². The van der Waals surface area contributed by atoms with Gasteiger partial charge in [0.05, 0.1) is 7.11 Å². The zero-order valence-electron chi connectivity index (χ0n) is 16.8. The summed E-state index contributed by atoms with van der Waals surface area (Å²) in [6, 6.07) is 13.5. The second-order valence-corrected chi connectivity index (χ2v) is 9.12. The van der Waals surface area contributed by atoms with Crippen LogP contribution in [0.1, 0.15) is 33.8 Å². The Morgan fingerprint density at radius 3 is 2.42 bits per heavy atom. The summed E-state index contributed by atoms with van der Waals surface area (Å²) in [5.41, 5.74) is 0.827. The predicted molar refractivity (Wildman–Crippen MR) is 112 cm³/mol. The minimum Gasteiger partial charge on any atom is -0.467 e. The average molecular weight is 449 g/mol. The summed E-state index contributed by atoms with van der Waals surface area (Å²) >= 11 is 0. The smallest absolute Gasteiger partial charge is 0.408 e. The topological polar surface area (TPSA) is 139 Å². The lowest BCUT2D eigenvalue weighted by atomic mass is 10.1. The van der Waals surface area contributed by atoms with Gasteiger partial charge in [-0.05, 0) is 12.0 Å². The van der Waals surface area contributed by atoms with Crippen molar-refractivity contribution in [2.45, 2.75) is 24.9 Å². The molecule has 0 aliphatic heterocycles. The second kappa shape index (κ2) is 11.4. The van der Waals surface area contributed by atoms with Crippen LogP contribution < -0.4 is 5.32 Å². The maximum atomic E-state index is 12.7. The van der Waals surface area contributed by atoms with Crippen LogP contribution in [0.3, 0.4) is 0 Å². The zero-order valence-corrected chi connectivity index (χ0v) is 17.7. The van der Waals surface area contributed by atoms with E-state index in [1.54, 1.807) is 30.3 Å². The van der Waals surface area contributed by atoms with Gasteiger partial charge in [-0.15, -0.1) is 0 Å². The van der Waals surface area contributed by atoms with E-state index >= 15 is 0 Å². The Morgan fingerprint density at radius 1 is 1.13 bits per heavy atom. The van der Waals surface area contributed by atoms with Crippen molar-refractivity contribution in [3.8, 4) is 0 Å². The van der Waals surface area contributed by atoms with Gasteiger partial charge in [0.25, 0.3) is 0 Å². The molecule has 2 aromatic carbocycles. The van der Waals surface area contributed by atoms with E-state index in [0.717, 1.165) is 12.7 Å². The summed E-state index contributed by atoms with van der Waals surface area (Å²) in [7, 11) is -3.15. The van der Waals surface area contributed by atoms with Gasteiger partial charge in [-0.25, -0.2) is 9.59 Å². The molecule has 9 nitrogen and oxygen atoms in total. The van der Waals surface area contributed by atoms with E-state index in [1.165, 1.54) is 18.2 Å². The minimum absolute atomic E-state index is 0.00758. The van der Waals surface area contributed by atoms with Crippen molar-refractivity contribution in [1.29, 1.82) is 0 Å². The number of aldehydes is 1. The van der Waals surface area contributed by atoms with Crippen molar-refractivity contribution >= 4 is 25.7 Å². The molecule has 0 radical (unpaired) electrons. The summed E-state index contributed by atoms with van der Waals surface area (Å²) in [6.07, 6.45) is -1.24. The molecule has 0 aliphatic carbocycles. The molecule has 166 valence electrons. The van der Waals surface area contributed by atoms with Crippen LogP contribution in [0.2, 0.25) is 0 Å². The van der Waals surface area contributed by atoms with Gasteiger partial charge in [-0.1, -0.05) is 54.6 Å². The average Bonchev–Trinajstić information content (AvgIpc) is 2.79. The Labute approximate surface area is 179 Å². The fourth-order valence-electron chi connectivity index (χ4n) is 2.81. The monoisotopic (exact) mass is 449 g/mol. The van der Waals surface area contributed by atoms with Gasteiger partial charge < -0.3 is 24.8 Å². The number of benzene rings is 2. The first-order valence-corrected chi connectivity index (χ1v) is 11.3. The molecule has 0 heterocycles. The highest BCUT2D eigenvalue weighted by atomic mass is 31.2. The van der Waals surface area contributed by atoms with E-state index in [2.05, 4.69) is 10.1 Å². The number of carbonyl (C=O) groups excluding carboxylic acids is 3. The van der Waals surface area contributed by atoms with Crippen molar-refractivity contribution in [3.05, 3.63) is 71.3 Å². The molecule has 2 rings (SSSR count). The van der Waals surface area contributed by atoms with Crippen LogP contribution in [-0.4, -0.2) is 47.7 Å². The molecule has 0 fully saturated rings. The van der Waals surface area contributed by atoms with Crippen LogP contribution in [0.5, 0.6) is 0 Å². The number of hydrogen-bond donors (Lipinski definition) is 3. The summed E-state index contributed by atoms with van der Waals surface area (Å²) in [5.74, 6) is -2.66. The molecule has 10 heteroatoms. The third kappa shape index (κ3) is 7.03. The Morgan fingerprint density at radius 2 is 1.77 bits per heavy atom. The van der Waals surface area contributed by atoms with Crippen molar-refractivity contribution in [3.63, 3.8) is 0 Å². The molecule has 0 saturated heterocycles. The van der Waals surface area contributed by atoms with Crippen molar-refractivity contribution in [2.75, 3.05) is 13.3 Å². The lowest BCUT2D eigenvalue weighted by molar-refractivity contribution is -0.143. The van der Waals surface area contributed by atoms with Gasteiger partial charge >= 0.3 is 12.1 Å². The molecule has 0 aromatic heterocycles. The highest BCUT2D eigenvalue weighted by Crippen LogP contribution is 2.54. The number of ether oxygens (including phenoxy) is 2. The van der Waals surface area contributed by atoms with Crippen LogP contribution in [0.15, 0.2) is 54.6 Å². The Hall–Kier alpha value is -3.00. The number of rotatable bonds is 10. The standard InChI is InChI=1S/C21H24NO8P/c1-29-19(24)18(22-21(26)30-14-15-7-3-2-4-8-15)11-12-31(27,28)20(25)17-10-6-5-9-16(17)13-23/h2-10,13,18,20,25H,11-12,14H2,1H3,(H,22,26)(H,27,28)/t18-,20?/m0/s1. The molecule has 1 amide bonds. The lowest BCUT2D eigenvalue weighted by Crippen LogP contribution is -2.42. The maximum Gasteiger partial charge on any atom is 0.408 e. The molecule has 3 N–H and O–H groups in total. The lowest BCUT2D eigenvalue weighted by Gasteiger charge is -2.22. The molecule has 2 unspecified atom stereocenters. The number of nitrogens with one attached hydrogen (secondary N) is 1. The number of aliphatic hydroxyl groups excluding tert-OH is 1. The van der Waals surface area contributed by atoms with Crippen LogP contribution >= 0.6 is 7.37 Å². The third-order valence-corrected chi connectivity index (χ3v) is 6.45.